The number of nitro benzene ring substituents is 1. The summed E-state index contributed by atoms with van der Waals surface area (Å²) in [7, 11) is 2.77. The van der Waals surface area contributed by atoms with Crippen LogP contribution in [-0.4, -0.2) is 25.1 Å². The van der Waals surface area contributed by atoms with E-state index in [0.29, 0.717) is 11.6 Å². The van der Waals surface area contributed by atoms with E-state index in [4.69, 9.17) is 9.47 Å². The molecule has 0 radical (unpaired) electrons. The number of nitrogens with zero attached hydrogens (tertiary/aromatic N) is 1. The van der Waals surface area contributed by atoms with E-state index in [1.54, 1.807) is 12.1 Å². The van der Waals surface area contributed by atoms with E-state index < -0.39 is 10.8 Å². The molecule has 0 saturated carbocycles. The van der Waals surface area contributed by atoms with Crippen LogP contribution >= 0.6 is 0 Å². The highest BCUT2D eigenvalue weighted by Gasteiger charge is 2.24. The van der Waals surface area contributed by atoms with Crippen LogP contribution in [-0.2, 0) is 0 Å². The van der Waals surface area contributed by atoms with E-state index >= 15 is 0 Å². The van der Waals surface area contributed by atoms with Crippen LogP contribution in [0.3, 0.4) is 0 Å². The van der Waals surface area contributed by atoms with Gasteiger partial charge in [0.15, 0.2) is 11.5 Å². The Balaban J connectivity index is 2.35. The normalized spacial score (nSPS) is 10.4. The van der Waals surface area contributed by atoms with Crippen molar-refractivity contribution in [1.29, 1.82) is 0 Å². The second-order valence-electron chi connectivity index (χ2n) is 5.71. The second kappa shape index (κ2) is 7.65. The maximum Gasteiger partial charge on any atom is 0.286 e. The van der Waals surface area contributed by atoms with Crippen molar-refractivity contribution in [3.05, 3.63) is 57.6 Å². The zero-order chi connectivity index (χ0) is 18.6. The largest absolute Gasteiger partial charge is 0.493 e. The van der Waals surface area contributed by atoms with Gasteiger partial charge in [-0.15, -0.1) is 0 Å². The molecule has 25 heavy (non-hydrogen) atoms. The molecule has 2 aromatic rings. The van der Waals surface area contributed by atoms with Crippen LogP contribution < -0.4 is 14.8 Å². The molecule has 2 rings (SSSR count). The molecule has 7 nitrogen and oxygen atoms in total. The summed E-state index contributed by atoms with van der Waals surface area (Å²) < 4.78 is 10.2. The van der Waals surface area contributed by atoms with Crippen molar-refractivity contribution in [2.75, 3.05) is 19.5 Å². The summed E-state index contributed by atoms with van der Waals surface area (Å²) in [6.45, 7) is 4.14. The van der Waals surface area contributed by atoms with E-state index in [-0.39, 0.29) is 22.7 Å². The summed E-state index contributed by atoms with van der Waals surface area (Å²) in [5.41, 5.74) is 1.23. The molecule has 0 aliphatic carbocycles. The van der Waals surface area contributed by atoms with Crippen molar-refractivity contribution in [2.45, 2.75) is 19.8 Å². The smallest absolute Gasteiger partial charge is 0.286 e. The van der Waals surface area contributed by atoms with E-state index in [9.17, 15) is 14.9 Å². The van der Waals surface area contributed by atoms with E-state index in [0.717, 1.165) is 5.56 Å². The Kier molecular flexibility index (Phi) is 5.59. The van der Waals surface area contributed by atoms with Crippen molar-refractivity contribution in [3.8, 4) is 11.5 Å². The molecular formula is C18H20N2O5. The van der Waals surface area contributed by atoms with Crippen molar-refractivity contribution in [1.82, 2.24) is 0 Å². The summed E-state index contributed by atoms with van der Waals surface area (Å²) >= 11 is 0. The maximum absolute atomic E-state index is 12.5. The van der Waals surface area contributed by atoms with Crippen LogP contribution in [0, 0.1) is 10.1 Å². The highest BCUT2D eigenvalue weighted by Crippen LogP contribution is 2.34. The molecule has 0 unspecified atom stereocenters. The van der Waals surface area contributed by atoms with Gasteiger partial charge in [0.2, 0.25) is 0 Å². The quantitative estimate of drug-likeness (QED) is 0.632. The lowest BCUT2D eigenvalue weighted by atomic mass is 10.0. The fourth-order valence-electron chi connectivity index (χ4n) is 2.35. The first-order chi connectivity index (χ1) is 11.9. The molecule has 0 spiro atoms. The lowest BCUT2D eigenvalue weighted by Gasteiger charge is -2.11. The highest BCUT2D eigenvalue weighted by atomic mass is 16.6. The average Bonchev–Trinajstić information content (AvgIpc) is 2.60. The molecule has 0 aliphatic rings. The predicted molar refractivity (Wildman–Crippen MR) is 94.7 cm³/mol. The topological polar surface area (TPSA) is 90.7 Å². The van der Waals surface area contributed by atoms with Crippen molar-refractivity contribution in [2.24, 2.45) is 0 Å². The standard InChI is InChI=1S/C18H20N2O5/c1-11(2)12-5-7-13(8-6-12)19-18(21)14-9-16(24-3)17(25-4)10-15(14)20(22)23/h5-11H,1-4H3,(H,19,21). The molecular weight excluding hydrogens is 324 g/mol. The Morgan fingerprint density at radius 3 is 2.12 bits per heavy atom. The third kappa shape index (κ3) is 4.06. The minimum atomic E-state index is -0.626. The van der Waals surface area contributed by atoms with Gasteiger partial charge >= 0.3 is 0 Å². The van der Waals surface area contributed by atoms with E-state index in [1.165, 1.54) is 26.4 Å². The molecule has 7 heteroatoms. The van der Waals surface area contributed by atoms with Crippen LogP contribution in [0.15, 0.2) is 36.4 Å². The van der Waals surface area contributed by atoms with Gasteiger partial charge in [-0.2, -0.15) is 0 Å². The average molecular weight is 344 g/mol. The number of rotatable bonds is 6. The van der Waals surface area contributed by atoms with Crippen molar-refractivity contribution >= 4 is 17.3 Å². The fourth-order valence-corrected chi connectivity index (χ4v) is 2.35. The first-order valence-corrected chi connectivity index (χ1v) is 7.69. The molecule has 2 aromatic carbocycles. The third-order valence-corrected chi connectivity index (χ3v) is 3.78. The maximum atomic E-state index is 12.5. The molecule has 0 saturated heterocycles. The Hall–Kier alpha value is -3.09. The number of methoxy groups -OCH3 is 2. The van der Waals surface area contributed by atoms with Crippen LogP contribution in [0.1, 0.15) is 35.7 Å². The van der Waals surface area contributed by atoms with Gasteiger partial charge in [0.1, 0.15) is 5.56 Å². The zero-order valence-corrected chi connectivity index (χ0v) is 14.5. The zero-order valence-electron chi connectivity index (χ0n) is 14.5. The highest BCUT2D eigenvalue weighted by molar-refractivity contribution is 6.07. The molecule has 0 aromatic heterocycles. The van der Waals surface area contributed by atoms with Crippen LogP contribution in [0.25, 0.3) is 0 Å². The second-order valence-corrected chi connectivity index (χ2v) is 5.71. The molecule has 1 amide bonds. The third-order valence-electron chi connectivity index (χ3n) is 3.78. The summed E-state index contributed by atoms with van der Waals surface area (Å²) in [5.74, 6) is 0.210. The number of anilines is 1. The van der Waals surface area contributed by atoms with Gasteiger partial charge in [-0.25, -0.2) is 0 Å². The van der Waals surface area contributed by atoms with Gasteiger partial charge < -0.3 is 14.8 Å². The monoisotopic (exact) mass is 344 g/mol. The van der Waals surface area contributed by atoms with Crippen LogP contribution in [0.5, 0.6) is 11.5 Å². The lowest BCUT2D eigenvalue weighted by Crippen LogP contribution is -2.14. The Bertz CT molecular complexity index is 785. The first kappa shape index (κ1) is 18.3. The summed E-state index contributed by atoms with van der Waals surface area (Å²) in [6.07, 6.45) is 0. The number of nitro groups is 1. The molecule has 1 N–H and O–H groups in total. The van der Waals surface area contributed by atoms with Crippen LogP contribution in [0.4, 0.5) is 11.4 Å². The SMILES string of the molecule is COc1cc(C(=O)Nc2ccc(C(C)C)cc2)c([N+](=O)[O-])cc1OC. The summed E-state index contributed by atoms with van der Waals surface area (Å²) in [5, 5.41) is 14.0. The molecule has 0 fully saturated rings. The first-order valence-electron chi connectivity index (χ1n) is 7.69. The number of hydrogen-bond donors (Lipinski definition) is 1. The van der Waals surface area contributed by atoms with Gasteiger partial charge in [-0.1, -0.05) is 26.0 Å². The number of amides is 1. The van der Waals surface area contributed by atoms with Gasteiger partial charge in [-0.3, -0.25) is 14.9 Å². The number of carbonyl (C=O) groups is 1. The summed E-state index contributed by atoms with van der Waals surface area (Å²) in [4.78, 5) is 23.2. The van der Waals surface area contributed by atoms with Gasteiger partial charge in [0.25, 0.3) is 11.6 Å². The Labute approximate surface area is 145 Å². The Morgan fingerprint density at radius 1 is 1.08 bits per heavy atom. The van der Waals surface area contributed by atoms with Gasteiger partial charge in [-0.05, 0) is 23.6 Å². The van der Waals surface area contributed by atoms with E-state index in [1.807, 2.05) is 12.1 Å². The van der Waals surface area contributed by atoms with Crippen molar-refractivity contribution < 1.29 is 19.2 Å². The van der Waals surface area contributed by atoms with Gasteiger partial charge in [0, 0.05) is 11.8 Å². The minimum Gasteiger partial charge on any atom is -0.493 e. The Morgan fingerprint density at radius 2 is 1.64 bits per heavy atom. The number of nitrogens with one attached hydrogen (secondary N) is 1. The molecule has 0 bridgehead atoms. The number of hydrogen-bond acceptors (Lipinski definition) is 5. The molecule has 132 valence electrons. The molecule has 0 heterocycles. The fraction of sp³-hybridized carbons (Fsp3) is 0.278. The number of benzene rings is 2. The van der Waals surface area contributed by atoms with Gasteiger partial charge in [0.05, 0.1) is 25.2 Å². The predicted octanol–water partition coefficient (Wildman–Crippen LogP) is 3.99. The number of ether oxygens (including phenoxy) is 2. The summed E-state index contributed by atoms with van der Waals surface area (Å²) in [6, 6.07) is 9.82. The van der Waals surface area contributed by atoms with Crippen LogP contribution in [0.2, 0.25) is 0 Å². The molecule has 0 atom stereocenters. The van der Waals surface area contributed by atoms with E-state index in [2.05, 4.69) is 19.2 Å². The lowest BCUT2D eigenvalue weighted by molar-refractivity contribution is -0.385. The molecule has 0 aliphatic heterocycles. The van der Waals surface area contributed by atoms with Crippen molar-refractivity contribution in [3.63, 3.8) is 0 Å². The minimum absolute atomic E-state index is 0.101. The number of carbonyl (C=O) groups excluding carboxylic acids is 1.